The van der Waals surface area contributed by atoms with Crippen LogP contribution in [0.1, 0.15) is 62.9 Å². The second kappa shape index (κ2) is 13.2. The van der Waals surface area contributed by atoms with Crippen molar-refractivity contribution >= 4 is 11.8 Å². The number of likely N-dealkylation sites (tertiary alicyclic amines) is 1. The van der Waals surface area contributed by atoms with E-state index >= 15 is 0 Å². The average Bonchev–Trinajstić information content (AvgIpc) is 3.32. The SMILES string of the molecule is CCN(CC)/C(=C/N)N(N)CC(=O)N1C[C@H](F)C[C@H]1C(=O)N[C@@H](c1ccccc1)c1ccc(C(C)C)cn1. The van der Waals surface area contributed by atoms with Crippen molar-refractivity contribution in [3.63, 3.8) is 0 Å². The molecule has 3 atom stereocenters. The maximum absolute atomic E-state index is 14.6. The summed E-state index contributed by atoms with van der Waals surface area (Å²) in [6.07, 6.45) is 1.75. The van der Waals surface area contributed by atoms with Crippen LogP contribution in [0.25, 0.3) is 0 Å². The highest BCUT2D eigenvalue weighted by Gasteiger charge is 2.41. The zero-order valence-electron chi connectivity index (χ0n) is 22.7. The Morgan fingerprint density at radius 1 is 1.16 bits per heavy atom. The van der Waals surface area contributed by atoms with E-state index in [4.69, 9.17) is 11.6 Å². The van der Waals surface area contributed by atoms with Crippen LogP contribution in [0.4, 0.5) is 4.39 Å². The minimum Gasteiger partial charge on any atom is -0.402 e. The van der Waals surface area contributed by atoms with Gasteiger partial charge < -0.3 is 20.9 Å². The van der Waals surface area contributed by atoms with E-state index < -0.39 is 30.1 Å². The summed E-state index contributed by atoms with van der Waals surface area (Å²) in [5, 5.41) is 4.26. The number of aromatic nitrogens is 1. The number of nitrogens with one attached hydrogen (secondary N) is 1. The average molecular weight is 526 g/mol. The van der Waals surface area contributed by atoms with Gasteiger partial charge in [0.25, 0.3) is 0 Å². The molecule has 1 aliphatic heterocycles. The number of halogens is 1. The molecular weight excluding hydrogens is 485 g/mol. The van der Waals surface area contributed by atoms with Crippen LogP contribution in [0.3, 0.4) is 0 Å². The molecular formula is C28H40FN7O2. The Kier molecular flexibility index (Phi) is 10.1. The third-order valence-electron chi connectivity index (χ3n) is 6.90. The molecule has 0 saturated carbocycles. The lowest BCUT2D eigenvalue weighted by Gasteiger charge is -2.33. The Labute approximate surface area is 224 Å². The van der Waals surface area contributed by atoms with Crippen molar-refractivity contribution < 1.29 is 14.0 Å². The number of nitrogens with zero attached hydrogens (tertiary/aromatic N) is 4. The first kappa shape index (κ1) is 28.9. The second-order valence-electron chi connectivity index (χ2n) is 9.74. The molecule has 0 spiro atoms. The molecule has 10 heteroatoms. The number of alkyl halides is 1. The molecule has 206 valence electrons. The number of hydrogen-bond acceptors (Lipinski definition) is 7. The van der Waals surface area contributed by atoms with Gasteiger partial charge in [-0.25, -0.2) is 10.2 Å². The van der Waals surface area contributed by atoms with Crippen LogP contribution in [0.2, 0.25) is 0 Å². The number of amides is 2. The highest BCUT2D eigenvalue weighted by Crippen LogP contribution is 2.26. The Balaban J connectivity index is 1.80. The summed E-state index contributed by atoms with van der Waals surface area (Å²) in [6, 6.07) is 11.8. The Bertz CT molecular complexity index is 1090. The van der Waals surface area contributed by atoms with Gasteiger partial charge in [-0.15, -0.1) is 0 Å². The van der Waals surface area contributed by atoms with Crippen LogP contribution < -0.4 is 16.9 Å². The van der Waals surface area contributed by atoms with E-state index in [0.717, 1.165) is 11.1 Å². The predicted octanol–water partition coefficient (Wildman–Crippen LogP) is 2.62. The Hall–Kier alpha value is -3.66. The van der Waals surface area contributed by atoms with Gasteiger partial charge in [0.05, 0.1) is 18.3 Å². The van der Waals surface area contributed by atoms with Crippen LogP contribution in [-0.2, 0) is 9.59 Å². The van der Waals surface area contributed by atoms with Crippen LogP contribution in [-0.4, -0.2) is 70.0 Å². The fraction of sp³-hybridized carbons (Fsp3) is 0.464. The Morgan fingerprint density at radius 2 is 1.84 bits per heavy atom. The first-order valence-corrected chi connectivity index (χ1v) is 13.1. The standard InChI is InChI=1S/C28H40FN7O2/c1-5-34(6-2)25(15-30)36(31)18-26(37)35-17-22(29)14-24(35)28(38)33-27(20-10-8-7-9-11-20)23-13-12-21(16-32-23)19(3)4/h7-13,15-16,19,22,24,27H,5-6,14,17-18,30-31H2,1-4H3,(H,33,38)/b25-15-/t22-,24+,27+/m1/s1. The fourth-order valence-electron chi connectivity index (χ4n) is 4.70. The lowest BCUT2D eigenvalue weighted by atomic mass is 10.00. The molecule has 3 rings (SSSR count). The molecule has 0 unspecified atom stereocenters. The quantitative estimate of drug-likeness (QED) is 0.305. The number of rotatable bonds is 11. The van der Waals surface area contributed by atoms with E-state index in [1.807, 2.05) is 61.2 Å². The van der Waals surface area contributed by atoms with Crippen molar-refractivity contribution in [2.45, 2.75) is 58.3 Å². The van der Waals surface area contributed by atoms with Gasteiger partial charge >= 0.3 is 0 Å². The topological polar surface area (TPSA) is 121 Å². The molecule has 2 heterocycles. The van der Waals surface area contributed by atoms with Gasteiger partial charge in [-0.2, -0.15) is 0 Å². The third kappa shape index (κ3) is 6.80. The predicted molar refractivity (Wildman–Crippen MR) is 146 cm³/mol. The monoisotopic (exact) mass is 525 g/mol. The highest BCUT2D eigenvalue weighted by atomic mass is 19.1. The van der Waals surface area contributed by atoms with Gasteiger partial charge in [0.15, 0.2) is 0 Å². The number of benzene rings is 1. The van der Waals surface area contributed by atoms with E-state index in [-0.39, 0.29) is 19.5 Å². The van der Waals surface area contributed by atoms with E-state index in [2.05, 4.69) is 24.1 Å². The number of pyridine rings is 1. The number of nitrogens with two attached hydrogens (primary N) is 2. The van der Waals surface area contributed by atoms with Crippen molar-refractivity contribution in [1.29, 1.82) is 0 Å². The van der Waals surface area contributed by atoms with Gasteiger partial charge in [0, 0.05) is 31.9 Å². The summed E-state index contributed by atoms with van der Waals surface area (Å²) in [6.45, 7) is 8.96. The lowest BCUT2D eigenvalue weighted by molar-refractivity contribution is -0.139. The van der Waals surface area contributed by atoms with Crippen LogP contribution >= 0.6 is 0 Å². The minimum absolute atomic E-state index is 0.0843. The summed E-state index contributed by atoms with van der Waals surface area (Å²) >= 11 is 0. The van der Waals surface area contributed by atoms with Crippen LogP contribution in [0, 0.1) is 0 Å². The van der Waals surface area contributed by atoms with Gasteiger partial charge in [-0.05, 0) is 37.0 Å². The van der Waals surface area contributed by atoms with Gasteiger partial charge in [-0.1, -0.05) is 50.2 Å². The molecule has 2 amide bonds. The van der Waals surface area contributed by atoms with Crippen molar-refractivity contribution in [1.82, 2.24) is 25.1 Å². The zero-order chi connectivity index (χ0) is 27.8. The molecule has 9 nitrogen and oxygen atoms in total. The molecule has 0 bridgehead atoms. The van der Waals surface area contributed by atoms with Gasteiger partial charge in [0.2, 0.25) is 11.8 Å². The van der Waals surface area contributed by atoms with Crippen LogP contribution in [0.15, 0.2) is 60.7 Å². The van der Waals surface area contributed by atoms with E-state index in [0.29, 0.717) is 30.5 Å². The molecule has 1 aliphatic rings. The van der Waals surface area contributed by atoms with Crippen LogP contribution in [0.5, 0.6) is 0 Å². The van der Waals surface area contributed by atoms with Crippen molar-refractivity contribution in [3.05, 3.63) is 77.5 Å². The molecule has 1 saturated heterocycles. The molecule has 0 radical (unpaired) electrons. The molecule has 38 heavy (non-hydrogen) atoms. The number of carbonyl (C=O) groups excluding carboxylic acids is 2. The number of carbonyl (C=O) groups is 2. The maximum Gasteiger partial charge on any atom is 0.244 e. The summed E-state index contributed by atoms with van der Waals surface area (Å²) in [7, 11) is 0. The summed E-state index contributed by atoms with van der Waals surface area (Å²) < 4.78 is 14.6. The third-order valence-corrected chi connectivity index (χ3v) is 6.90. The summed E-state index contributed by atoms with van der Waals surface area (Å²) in [5.74, 6) is 6.08. The largest absolute Gasteiger partial charge is 0.402 e. The lowest BCUT2D eigenvalue weighted by Crippen LogP contribution is -2.51. The number of hydrazine groups is 1. The van der Waals surface area contributed by atoms with Crippen molar-refractivity contribution in [2.75, 3.05) is 26.2 Å². The minimum atomic E-state index is -1.31. The maximum atomic E-state index is 14.6. The van der Waals surface area contributed by atoms with Crippen molar-refractivity contribution in [2.24, 2.45) is 11.6 Å². The molecule has 2 aromatic rings. The summed E-state index contributed by atoms with van der Waals surface area (Å²) in [5.41, 5.74) is 8.34. The Morgan fingerprint density at radius 3 is 2.39 bits per heavy atom. The van der Waals surface area contributed by atoms with E-state index in [1.54, 1.807) is 6.20 Å². The normalized spacial score (nSPS) is 18.4. The molecule has 0 aliphatic carbocycles. The van der Waals surface area contributed by atoms with Gasteiger partial charge in [-0.3, -0.25) is 19.6 Å². The molecule has 1 aromatic carbocycles. The molecule has 1 fully saturated rings. The molecule has 5 N–H and O–H groups in total. The summed E-state index contributed by atoms with van der Waals surface area (Å²) in [4.78, 5) is 34.5. The highest BCUT2D eigenvalue weighted by molar-refractivity contribution is 5.89. The van der Waals surface area contributed by atoms with Gasteiger partial charge in [0.1, 0.15) is 24.6 Å². The first-order chi connectivity index (χ1) is 18.2. The first-order valence-electron chi connectivity index (χ1n) is 13.1. The second-order valence-corrected chi connectivity index (χ2v) is 9.74. The zero-order valence-corrected chi connectivity index (χ0v) is 22.7. The van der Waals surface area contributed by atoms with E-state index in [1.165, 1.54) is 16.1 Å². The van der Waals surface area contributed by atoms with E-state index in [9.17, 15) is 14.0 Å². The smallest absolute Gasteiger partial charge is 0.244 e. The van der Waals surface area contributed by atoms with Crippen molar-refractivity contribution in [3.8, 4) is 0 Å². The fourth-order valence-corrected chi connectivity index (χ4v) is 4.70. The number of hydrogen-bond donors (Lipinski definition) is 3. The molecule has 1 aromatic heterocycles.